The van der Waals surface area contributed by atoms with Crippen molar-refractivity contribution in [3.63, 3.8) is 0 Å². The monoisotopic (exact) mass is 365 g/mol. The van der Waals surface area contributed by atoms with Crippen molar-refractivity contribution in [1.29, 1.82) is 0 Å². The van der Waals surface area contributed by atoms with Gasteiger partial charge in [-0.1, -0.05) is 29.8 Å². The second-order valence-corrected chi connectivity index (χ2v) is 5.71. The molecule has 0 atom stereocenters. The van der Waals surface area contributed by atoms with Crippen LogP contribution in [0.2, 0.25) is 5.02 Å². The van der Waals surface area contributed by atoms with Gasteiger partial charge in [-0.05, 0) is 22.0 Å². The number of nitrogens with two attached hydrogens (primary N) is 1. The van der Waals surface area contributed by atoms with Crippen LogP contribution in [0.15, 0.2) is 41.0 Å². The van der Waals surface area contributed by atoms with Crippen molar-refractivity contribution in [1.82, 2.24) is 14.6 Å². The highest BCUT2D eigenvalue weighted by atomic mass is 79.9. The Balaban J connectivity index is 2.19. The van der Waals surface area contributed by atoms with Gasteiger partial charge < -0.3 is 11.1 Å². The van der Waals surface area contributed by atoms with E-state index in [4.69, 9.17) is 17.3 Å². The van der Waals surface area contributed by atoms with Gasteiger partial charge >= 0.3 is 0 Å². The Labute approximate surface area is 135 Å². The van der Waals surface area contributed by atoms with Gasteiger partial charge in [0.1, 0.15) is 5.82 Å². The van der Waals surface area contributed by atoms with Crippen molar-refractivity contribution in [3.8, 4) is 11.3 Å². The number of rotatable bonds is 4. The molecule has 2 heterocycles. The lowest BCUT2D eigenvalue weighted by atomic mass is 10.1. The lowest BCUT2D eigenvalue weighted by Gasteiger charge is -2.10. The molecular weight excluding hydrogens is 354 g/mol. The first kappa shape index (κ1) is 14.3. The van der Waals surface area contributed by atoms with Crippen molar-refractivity contribution in [2.24, 2.45) is 5.73 Å². The van der Waals surface area contributed by atoms with Crippen molar-refractivity contribution in [2.45, 2.75) is 0 Å². The summed E-state index contributed by atoms with van der Waals surface area (Å²) in [6, 6.07) is 9.54. The topological polar surface area (TPSA) is 68.2 Å². The van der Waals surface area contributed by atoms with Crippen molar-refractivity contribution in [3.05, 3.63) is 46.0 Å². The molecular formula is C14H13BrClN5. The molecule has 5 nitrogen and oxygen atoms in total. The Bertz CT molecular complexity index is 786. The summed E-state index contributed by atoms with van der Waals surface area (Å²) in [5.74, 6) is 0.825. The maximum atomic E-state index is 6.27. The van der Waals surface area contributed by atoms with Crippen LogP contribution in [0.1, 0.15) is 0 Å². The molecule has 0 bridgehead atoms. The smallest absolute Gasteiger partial charge is 0.172 e. The molecule has 1 aromatic carbocycles. The van der Waals surface area contributed by atoms with Gasteiger partial charge in [-0.25, -0.2) is 4.98 Å². The van der Waals surface area contributed by atoms with Crippen LogP contribution >= 0.6 is 27.5 Å². The summed E-state index contributed by atoms with van der Waals surface area (Å²) < 4.78 is 2.56. The van der Waals surface area contributed by atoms with E-state index < -0.39 is 0 Å². The average molecular weight is 367 g/mol. The van der Waals surface area contributed by atoms with E-state index >= 15 is 0 Å². The third-order valence-electron chi connectivity index (χ3n) is 3.03. The second kappa shape index (κ2) is 6.01. The first-order valence-corrected chi connectivity index (χ1v) is 7.61. The first-order valence-electron chi connectivity index (χ1n) is 6.44. The largest absolute Gasteiger partial charge is 0.369 e. The van der Waals surface area contributed by atoms with Crippen LogP contribution in [0.25, 0.3) is 16.9 Å². The summed E-state index contributed by atoms with van der Waals surface area (Å²) >= 11 is 9.73. The van der Waals surface area contributed by atoms with Crippen LogP contribution in [-0.2, 0) is 0 Å². The SMILES string of the molecule is NCCNc1cc(-c2ccccc2Cl)nc2c(Br)cnn12. The third kappa shape index (κ3) is 2.74. The zero-order valence-corrected chi connectivity index (χ0v) is 13.4. The summed E-state index contributed by atoms with van der Waals surface area (Å²) in [6.07, 6.45) is 1.71. The molecule has 3 aromatic rings. The van der Waals surface area contributed by atoms with E-state index in [1.165, 1.54) is 0 Å². The lowest BCUT2D eigenvalue weighted by Crippen LogP contribution is -2.15. The minimum atomic E-state index is 0.535. The van der Waals surface area contributed by atoms with Crippen molar-refractivity contribution < 1.29 is 0 Å². The number of halogens is 2. The molecule has 7 heteroatoms. The molecule has 0 radical (unpaired) electrons. The van der Waals surface area contributed by atoms with Crippen LogP contribution in [0.4, 0.5) is 5.82 Å². The highest BCUT2D eigenvalue weighted by molar-refractivity contribution is 9.10. The first-order chi connectivity index (χ1) is 10.2. The van der Waals surface area contributed by atoms with E-state index in [1.807, 2.05) is 30.3 Å². The van der Waals surface area contributed by atoms with Gasteiger partial charge in [0.15, 0.2) is 5.65 Å². The van der Waals surface area contributed by atoms with Crippen LogP contribution in [-0.4, -0.2) is 27.7 Å². The van der Waals surface area contributed by atoms with Gasteiger partial charge in [-0.2, -0.15) is 9.61 Å². The molecule has 0 amide bonds. The molecule has 0 saturated heterocycles. The highest BCUT2D eigenvalue weighted by Crippen LogP contribution is 2.30. The fourth-order valence-corrected chi connectivity index (χ4v) is 2.65. The van der Waals surface area contributed by atoms with Gasteiger partial charge in [-0.15, -0.1) is 0 Å². The van der Waals surface area contributed by atoms with E-state index in [9.17, 15) is 0 Å². The molecule has 0 aliphatic carbocycles. The number of hydrogen-bond donors (Lipinski definition) is 2. The van der Waals surface area contributed by atoms with Crippen molar-refractivity contribution in [2.75, 3.05) is 18.4 Å². The van der Waals surface area contributed by atoms with E-state index in [2.05, 4.69) is 31.3 Å². The maximum Gasteiger partial charge on any atom is 0.172 e. The van der Waals surface area contributed by atoms with Crippen molar-refractivity contribution >= 4 is 39.0 Å². The Morgan fingerprint density at radius 3 is 2.90 bits per heavy atom. The third-order valence-corrected chi connectivity index (χ3v) is 3.92. The van der Waals surface area contributed by atoms with Gasteiger partial charge in [0.2, 0.25) is 0 Å². The Morgan fingerprint density at radius 2 is 2.14 bits per heavy atom. The Hall–Kier alpha value is -1.63. The minimum absolute atomic E-state index is 0.535. The molecule has 2 aromatic heterocycles. The van der Waals surface area contributed by atoms with Crippen LogP contribution < -0.4 is 11.1 Å². The number of aromatic nitrogens is 3. The summed E-state index contributed by atoms with van der Waals surface area (Å²) in [5.41, 5.74) is 7.96. The molecule has 0 aliphatic rings. The number of nitrogens with zero attached hydrogens (tertiary/aromatic N) is 3. The molecule has 0 spiro atoms. The summed E-state index contributed by atoms with van der Waals surface area (Å²) in [6.45, 7) is 1.19. The van der Waals surface area contributed by atoms with Gasteiger partial charge in [0, 0.05) is 29.7 Å². The minimum Gasteiger partial charge on any atom is -0.369 e. The number of anilines is 1. The summed E-state index contributed by atoms with van der Waals surface area (Å²) in [4.78, 5) is 4.63. The molecule has 21 heavy (non-hydrogen) atoms. The predicted molar refractivity (Wildman–Crippen MR) is 88.7 cm³/mol. The molecule has 3 N–H and O–H groups in total. The van der Waals surface area contributed by atoms with Gasteiger partial charge in [0.05, 0.1) is 16.4 Å². The zero-order chi connectivity index (χ0) is 14.8. The normalized spacial score (nSPS) is 11.0. The maximum absolute atomic E-state index is 6.27. The molecule has 3 rings (SSSR count). The average Bonchev–Trinajstić information content (AvgIpc) is 2.87. The van der Waals surface area contributed by atoms with E-state index in [0.717, 1.165) is 27.2 Å². The number of benzene rings is 1. The quantitative estimate of drug-likeness (QED) is 0.744. The summed E-state index contributed by atoms with van der Waals surface area (Å²) in [7, 11) is 0. The van der Waals surface area contributed by atoms with E-state index in [0.29, 0.717) is 18.1 Å². The molecule has 0 saturated carbocycles. The molecule has 108 valence electrons. The number of nitrogens with one attached hydrogen (secondary N) is 1. The predicted octanol–water partition coefficient (Wildman–Crippen LogP) is 3.18. The Morgan fingerprint density at radius 1 is 1.33 bits per heavy atom. The standard InChI is InChI=1S/C14H13BrClN5/c15-10-8-19-21-13(18-6-5-17)7-12(20-14(10)21)9-3-1-2-4-11(9)16/h1-4,7-8,18H,5-6,17H2. The van der Waals surface area contributed by atoms with Gasteiger partial charge in [-0.3, -0.25) is 0 Å². The zero-order valence-electron chi connectivity index (χ0n) is 11.1. The van der Waals surface area contributed by atoms with Gasteiger partial charge in [0.25, 0.3) is 0 Å². The fraction of sp³-hybridized carbons (Fsp3) is 0.143. The van der Waals surface area contributed by atoms with Crippen LogP contribution in [0.5, 0.6) is 0 Å². The lowest BCUT2D eigenvalue weighted by molar-refractivity contribution is 0.917. The fourth-order valence-electron chi connectivity index (χ4n) is 2.07. The van der Waals surface area contributed by atoms with Crippen LogP contribution in [0, 0.1) is 0 Å². The Kier molecular flexibility index (Phi) is 4.10. The summed E-state index contributed by atoms with van der Waals surface area (Å²) in [5, 5.41) is 8.21. The van der Waals surface area contributed by atoms with E-state index in [1.54, 1.807) is 10.7 Å². The van der Waals surface area contributed by atoms with E-state index in [-0.39, 0.29) is 0 Å². The molecule has 0 fully saturated rings. The van der Waals surface area contributed by atoms with Crippen LogP contribution in [0.3, 0.4) is 0 Å². The number of fused-ring (bicyclic) bond motifs is 1. The molecule has 0 aliphatic heterocycles. The highest BCUT2D eigenvalue weighted by Gasteiger charge is 2.12. The second-order valence-electron chi connectivity index (χ2n) is 4.45. The molecule has 0 unspecified atom stereocenters. The number of hydrogen-bond acceptors (Lipinski definition) is 4.